The molecule has 3 N–H and O–H groups in total. The number of amides is 1. The van der Waals surface area contributed by atoms with Gasteiger partial charge in [-0.1, -0.05) is 13.0 Å². The Morgan fingerprint density at radius 1 is 1.46 bits per heavy atom. The SMILES string of the molecule is [2H]C([2H])([2H])c1ncccc1-c1c(F)ccc2c(N)c(C(=O)NCCC)[n+]([O-])nc12. The molecule has 0 aliphatic heterocycles. The van der Waals surface area contributed by atoms with Crippen molar-refractivity contribution in [1.82, 2.24) is 15.4 Å². The van der Waals surface area contributed by atoms with Gasteiger partial charge in [-0.05, 0) is 36.3 Å². The topological polar surface area (TPSA) is 108 Å². The maximum Gasteiger partial charge on any atom is 0.332 e. The lowest BCUT2D eigenvalue weighted by Crippen LogP contribution is -2.43. The van der Waals surface area contributed by atoms with E-state index >= 15 is 0 Å². The third-order valence-electron chi connectivity index (χ3n) is 3.88. The summed E-state index contributed by atoms with van der Waals surface area (Å²) in [5.74, 6) is -1.50. The standard InChI is InChI=1S/C18H18FN5O2/c1-3-8-22-18(25)17-15(20)12-6-7-13(19)14(16(12)23-24(17)26)11-5-4-9-21-10(11)2/h4-7,9H,3,8,20H2,1-2H3,(H,22,25)/i2D3. The van der Waals surface area contributed by atoms with Crippen LogP contribution in [0.5, 0.6) is 0 Å². The Labute approximate surface area is 153 Å². The summed E-state index contributed by atoms with van der Waals surface area (Å²) >= 11 is 0. The Balaban J connectivity index is 2.32. The second-order valence-electron chi connectivity index (χ2n) is 5.61. The van der Waals surface area contributed by atoms with Gasteiger partial charge in [0.05, 0.1) is 5.56 Å². The number of rotatable bonds is 4. The fourth-order valence-electron chi connectivity index (χ4n) is 2.65. The van der Waals surface area contributed by atoms with Crippen LogP contribution in [0.15, 0.2) is 30.5 Å². The molecule has 134 valence electrons. The third kappa shape index (κ3) is 2.90. The zero-order valence-electron chi connectivity index (χ0n) is 16.9. The molecule has 1 amide bonds. The molecule has 0 radical (unpaired) electrons. The molecule has 0 fully saturated rings. The van der Waals surface area contributed by atoms with E-state index in [0.717, 1.165) is 6.07 Å². The van der Waals surface area contributed by atoms with Crippen LogP contribution in [0.4, 0.5) is 10.1 Å². The van der Waals surface area contributed by atoms with Crippen LogP contribution in [0, 0.1) is 17.9 Å². The molecule has 1 aromatic carbocycles. The van der Waals surface area contributed by atoms with E-state index in [9.17, 15) is 14.4 Å². The molecular weight excluding hydrogens is 337 g/mol. The summed E-state index contributed by atoms with van der Waals surface area (Å²) in [5.41, 5.74) is 4.69. The average molecular weight is 358 g/mol. The van der Waals surface area contributed by atoms with E-state index in [1.165, 1.54) is 24.4 Å². The molecule has 3 aromatic rings. The smallest absolute Gasteiger partial charge is 0.332 e. The van der Waals surface area contributed by atoms with Crippen LogP contribution in [0.3, 0.4) is 0 Å². The Kier molecular flexibility index (Phi) is 3.70. The first-order valence-corrected chi connectivity index (χ1v) is 7.92. The molecule has 2 aromatic heterocycles. The van der Waals surface area contributed by atoms with Gasteiger partial charge in [0.25, 0.3) is 0 Å². The number of nitrogens with one attached hydrogen (secondary N) is 1. The van der Waals surface area contributed by atoms with Gasteiger partial charge < -0.3 is 16.3 Å². The van der Waals surface area contributed by atoms with Crippen LogP contribution < -0.4 is 15.9 Å². The second-order valence-corrected chi connectivity index (χ2v) is 5.61. The summed E-state index contributed by atoms with van der Waals surface area (Å²) in [7, 11) is 0. The number of pyridine rings is 1. The fourth-order valence-corrected chi connectivity index (χ4v) is 2.65. The zero-order chi connectivity index (χ0) is 21.3. The van der Waals surface area contributed by atoms with E-state index in [-0.39, 0.29) is 38.3 Å². The van der Waals surface area contributed by atoms with Crippen molar-refractivity contribution in [3.63, 3.8) is 0 Å². The van der Waals surface area contributed by atoms with E-state index in [4.69, 9.17) is 9.85 Å². The maximum atomic E-state index is 14.8. The summed E-state index contributed by atoms with van der Waals surface area (Å²) in [5, 5.41) is 18.9. The van der Waals surface area contributed by atoms with E-state index in [1.54, 1.807) is 0 Å². The summed E-state index contributed by atoms with van der Waals surface area (Å²) in [6, 6.07) is 5.19. The van der Waals surface area contributed by atoms with Crippen molar-refractivity contribution in [2.24, 2.45) is 0 Å². The van der Waals surface area contributed by atoms with Crippen molar-refractivity contribution in [1.29, 1.82) is 0 Å². The van der Waals surface area contributed by atoms with Gasteiger partial charge in [0.15, 0.2) is 5.52 Å². The predicted molar refractivity (Wildman–Crippen MR) is 95.7 cm³/mol. The molecule has 0 atom stereocenters. The van der Waals surface area contributed by atoms with Crippen LogP contribution in [0.25, 0.3) is 22.0 Å². The molecule has 2 heterocycles. The van der Waals surface area contributed by atoms with E-state index < -0.39 is 24.3 Å². The monoisotopic (exact) mass is 358 g/mol. The molecule has 7 nitrogen and oxygen atoms in total. The lowest BCUT2D eigenvalue weighted by Gasteiger charge is -2.12. The first kappa shape index (κ1) is 13.9. The molecule has 3 rings (SSSR count). The first-order valence-electron chi connectivity index (χ1n) is 9.42. The Hall–Kier alpha value is -3.29. The van der Waals surface area contributed by atoms with E-state index in [1.807, 2.05) is 6.92 Å². The third-order valence-corrected chi connectivity index (χ3v) is 3.88. The van der Waals surface area contributed by atoms with Crippen molar-refractivity contribution in [3.8, 4) is 11.1 Å². The van der Waals surface area contributed by atoms with Crippen LogP contribution in [-0.4, -0.2) is 22.5 Å². The molecule has 0 aliphatic carbocycles. The minimum absolute atomic E-state index is 0.0248. The number of hydrogen-bond donors (Lipinski definition) is 2. The maximum absolute atomic E-state index is 14.8. The number of carbonyl (C=O) groups excluding carboxylic acids is 1. The minimum atomic E-state index is -2.62. The predicted octanol–water partition coefficient (Wildman–Crippen LogP) is 2.10. The largest absolute Gasteiger partial charge is 0.594 e. The molecule has 0 spiro atoms. The molecule has 0 bridgehead atoms. The number of fused-ring (bicyclic) bond motifs is 1. The van der Waals surface area contributed by atoms with Gasteiger partial charge in [-0.2, -0.15) is 0 Å². The highest BCUT2D eigenvalue weighted by Crippen LogP contribution is 2.33. The number of nitrogens with zero attached hydrogens (tertiary/aromatic N) is 3. The number of aromatic nitrogens is 3. The fraction of sp³-hybridized carbons (Fsp3) is 0.222. The number of nitrogens with two attached hydrogens (primary N) is 1. The lowest BCUT2D eigenvalue weighted by atomic mass is 9.99. The quantitative estimate of drug-likeness (QED) is 0.548. The van der Waals surface area contributed by atoms with Gasteiger partial charge >= 0.3 is 11.6 Å². The Morgan fingerprint density at radius 3 is 3.00 bits per heavy atom. The Bertz CT molecular complexity index is 1110. The minimum Gasteiger partial charge on any atom is -0.594 e. The normalized spacial score (nSPS) is 13.1. The molecular formula is C18H18FN5O2. The average Bonchev–Trinajstić information content (AvgIpc) is 2.65. The molecule has 26 heavy (non-hydrogen) atoms. The molecule has 8 heteroatoms. The second kappa shape index (κ2) is 6.91. The zero-order valence-corrected chi connectivity index (χ0v) is 13.9. The molecule has 0 saturated heterocycles. The Morgan fingerprint density at radius 2 is 2.27 bits per heavy atom. The number of benzene rings is 1. The number of nitrogen functional groups attached to an aromatic ring is 1. The number of aryl methyl sites for hydroxylation is 1. The molecule has 0 aliphatic rings. The number of anilines is 1. The molecule has 0 saturated carbocycles. The molecule has 0 unspecified atom stereocenters. The summed E-state index contributed by atoms with van der Waals surface area (Å²) in [6.07, 6.45) is 1.93. The lowest BCUT2D eigenvalue weighted by molar-refractivity contribution is -0.667. The van der Waals surface area contributed by atoms with Crippen molar-refractivity contribution < 1.29 is 18.1 Å². The number of carbonyl (C=O) groups is 1. The van der Waals surface area contributed by atoms with E-state index in [2.05, 4.69) is 15.4 Å². The van der Waals surface area contributed by atoms with Crippen molar-refractivity contribution in [3.05, 3.63) is 52.9 Å². The highest BCUT2D eigenvalue weighted by molar-refractivity contribution is 6.06. The van der Waals surface area contributed by atoms with Gasteiger partial charge in [0.2, 0.25) is 0 Å². The van der Waals surface area contributed by atoms with Gasteiger partial charge in [-0.15, -0.1) is 0 Å². The van der Waals surface area contributed by atoms with Crippen molar-refractivity contribution >= 4 is 22.5 Å². The van der Waals surface area contributed by atoms with Gasteiger partial charge in [0, 0.05) is 38.6 Å². The van der Waals surface area contributed by atoms with Gasteiger partial charge in [-0.25, -0.2) is 4.39 Å². The summed E-state index contributed by atoms with van der Waals surface area (Å²) in [4.78, 5) is 16.2. The highest BCUT2D eigenvalue weighted by atomic mass is 19.1. The number of hydrogen-bond acceptors (Lipinski definition) is 5. The van der Waals surface area contributed by atoms with Gasteiger partial charge in [0.1, 0.15) is 11.5 Å². The van der Waals surface area contributed by atoms with Crippen molar-refractivity contribution in [2.45, 2.75) is 20.2 Å². The summed E-state index contributed by atoms with van der Waals surface area (Å²) < 4.78 is 37.8. The number of halogens is 1. The van der Waals surface area contributed by atoms with Crippen LogP contribution in [-0.2, 0) is 0 Å². The van der Waals surface area contributed by atoms with Crippen LogP contribution in [0.2, 0.25) is 0 Å². The van der Waals surface area contributed by atoms with Crippen LogP contribution >= 0.6 is 0 Å². The highest BCUT2D eigenvalue weighted by Gasteiger charge is 2.27. The van der Waals surface area contributed by atoms with Gasteiger partial charge in [-0.3, -0.25) is 9.78 Å². The van der Waals surface area contributed by atoms with Crippen molar-refractivity contribution in [2.75, 3.05) is 12.3 Å². The van der Waals surface area contributed by atoms with E-state index in [0.29, 0.717) is 13.0 Å². The summed E-state index contributed by atoms with van der Waals surface area (Å²) in [6.45, 7) is -0.439. The first-order chi connectivity index (χ1) is 13.7. The van der Waals surface area contributed by atoms with Crippen LogP contribution in [0.1, 0.15) is 33.6 Å².